The summed E-state index contributed by atoms with van der Waals surface area (Å²) in [6.45, 7) is 6.81. The Hall–Kier alpha value is -0.0400. The van der Waals surface area contributed by atoms with Crippen LogP contribution in [0.3, 0.4) is 0 Å². The van der Waals surface area contributed by atoms with Crippen LogP contribution in [0.2, 0.25) is 0 Å². The van der Waals surface area contributed by atoms with Crippen molar-refractivity contribution >= 4 is 0 Å². The molecular weight excluding hydrogens is 136 g/mol. The molecule has 11 heavy (non-hydrogen) atoms. The summed E-state index contributed by atoms with van der Waals surface area (Å²) in [7, 11) is 0. The van der Waals surface area contributed by atoms with E-state index in [0.717, 1.165) is 24.7 Å². The van der Waals surface area contributed by atoms with Gasteiger partial charge in [-0.2, -0.15) is 0 Å². The normalized spacial score (nSPS) is 45.8. The second kappa shape index (κ2) is 3.57. The highest BCUT2D eigenvalue weighted by Gasteiger charge is 2.30. The highest BCUT2D eigenvalue weighted by atomic mass is 16.3. The van der Waals surface area contributed by atoms with Gasteiger partial charge in [-0.3, -0.25) is 0 Å². The van der Waals surface area contributed by atoms with E-state index >= 15 is 0 Å². The SMILES string of the molecule is CCC1CC(O)CC(C)C1C. The minimum absolute atomic E-state index is 0.0221. The van der Waals surface area contributed by atoms with Crippen LogP contribution in [0.15, 0.2) is 0 Å². The maximum atomic E-state index is 9.50. The number of hydrogen-bond acceptors (Lipinski definition) is 1. The van der Waals surface area contributed by atoms with Gasteiger partial charge in [-0.25, -0.2) is 0 Å². The van der Waals surface area contributed by atoms with Crippen LogP contribution in [0.25, 0.3) is 0 Å². The van der Waals surface area contributed by atoms with Crippen molar-refractivity contribution in [1.82, 2.24) is 0 Å². The third-order valence-electron chi connectivity index (χ3n) is 3.38. The molecule has 1 nitrogen and oxygen atoms in total. The molecule has 0 saturated heterocycles. The number of rotatable bonds is 1. The molecule has 1 N–H and O–H groups in total. The molecule has 0 radical (unpaired) electrons. The fourth-order valence-corrected chi connectivity index (χ4v) is 2.31. The van der Waals surface area contributed by atoms with Gasteiger partial charge in [-0.15, -0.1) is 0 Å². The molecule has 0 aromatic rings. The number of aliphatic hydroxyl groups excluding tert-OH is 1. The van der Waals surface area contributed by atoms with Gasteiger partial charge < -0.3 is 5.11 Å². The van der Waals surface area contributed by atoms with E-state index in [2.05, 4.69) is 20.8 Å². The first-order valence-electron chi connectivity index (χ1n) is 4.83. The maximum absolute atomic E-state index is 9.50. The highest BCUT2D eigenvalue weighted by molar-refractivity contribution is 4.80. The summed E-state index contributed by atoms with van der Waals surface area (Å²) in [6, 6.07) is 0. The van der Waals surface area contributed by atoms with Crippen molar-refractivity contribution in [3.05, 3.63) is 0 Å². The summed E-state index contributed by atoms with van der Waals surface area (Å²) in [5.74, 6) is 2.28. The molecule has 0 spiro atoms. The van der Waals surface area contributed by atoms with Crippen LogP contribution in [0.5, 0.6) is 0 Å². The van der Waals surface area contributed by atoms with Crippen molar-refractivity contribution in [2.45, 2.75) is 46.1 Å². The summed E-state index contributed by atoms with van der Waals surface area (Å²) in [4.78, 5) is 0. The van der Waals surface area contributed by atoms with Crippen molar-refractivity contribution < 1.29 is 5.11 Å². The zero-order valence-corrected chi connectivity index (χ0v) is 7.88. The van der Waals surface area contributed by atoms with Crippen LogP contribution in [-0.4, -0.2) is 11.2 Å². The fraction of sp³-hybridized carbons (Fsp3) is 1.00. The highest BCUT2D eigenvalue weighted by Crippen LogP contribution is 2.35. The van der Waals surface area contributed by atoms with Gasteiger partial charge in [0.2, 0.25) is 0 Å². The lowest BCUT2D eigenvalue weighted by Gasteiger charge is -2.36. The van der Waals surface area contributed by atoms with E-state index in [-0.39, 0.29) is 6.10 Å². The molecule has 1 heteroatoms. The number of aliphatic hydroxyl groups is 1. The van der Waals surface area contributed by atoms with E-state index < -0.39 is 0 Å². The van der Waals surface area contributed by atoms with E-state index in [1.165, 1.54) is 6.42 Å². The Labute approximate surface area is 69.8 Å². The minimum atomic E-state index is -0.0221. The van der Waals surface area contributed by atoms with Gasteiger partial charge in [0.15, 0.2) is 0 Å². The standard InChI is InChI=1S/C10H20O/c1-4-9-6-10(11)5-7(2)8(9)3/h7-11H,4-6H2,1-3H3. The topological polar surface area (TPSA) is 20.2 Å². The van der Waals surface area contributed by atoms with Gasteiger partial charge in [-0.1, -0.05) is 27.2 Å². The lowest BCUT2D eigenvalue weighted by atomic mass is 9.72. The summed E-state index contributed by atoms with van der Waals surface area (Å²) < 4.78 is 0. The summed E-state index contributed by atoms with van der Waals surface area (Å²) in [6.07, 6.45) is 3.24. The largest absolute Gasteiger partial charge is 0.393 e. The molecule has 1 rings (SSSR count). The van der Waals surface area contributed by atoms with Crippen molar-refractivity contribution in [2.75, 3.05) is 0 Å². The smallest absolute Gasteiger partial charge is 0.0545 e. The van der Waals surface area contributed by atoms with Crippen LogP contribution >= 0.6 is 0 Å². The van der Waals surface area contributed by atoms with Crippen molar-refractivity contribution in [2.24, 2.45) is 17.8 Å². The van der Waals surface area contributed by atoms with Gasteiger partial charge >= 0.3 is 0 Å². The van der Waals surface area contributed by atoms with Crippen LogP contribution in [0.1, 0.15) is 40.0 Å². The Morgan fingerprint density at radius 1 is 1.27 bits per heavy atom. The second-order valence-electron chi connectivity index (χ2n) is 4.13. The Bertz CT molecular complexity index is 122. The van der Waals surface area contributed by atoms with Crippen LogP contribution in [0, 0.1) is 17.8 Å². The molecule has 1 aliphatic rings. The average molecular weight is 156 g/mol. The van der Waals surface area contributed by atoms with Crippen LogP contribution in [0.4, 0.5) is 0 Å². The first kappa shape index (κ1) is 9.05. The molecule has 66 valence electrons. The summed E-state index contributed by atoms with van der Waals surface area (Å²) >= 11 is 0. The van der Waals surface area contributed by atoms with Crippen molar-refractivity contribution in [1.29, 1.82) is 0 Å². The van der Waals surface area contributed by atoms with Crippen molar-refractivity contribution in [3.63, 3.8) is 0 Å². The minimum Gasteiger partial charge on any atom is -0.393 e. The Morgan fingerprint density at radius 2 is 1.91 bits per heavy atom. The van der Waals surface area contributed by atoms with Crippen LogP contribution in [-0.2, 0) is 0 Å². The lowest BCUT2D eigenvalue weighted by Crippen LogP contribution is -2.31. The molecule has 4 unspecified atom stereocenters. The molecule has 0 aliphatic heterocycles. The van der Waals surface area contributed by atoms with Crippen molar-refractivity contribution in [3.8, 4) is 0 Å². The quantitative estimate of drug-likeness (QED) is 0.618. The van der Waals surface area contributed by atoms with Gasteiger partial charge in [0.1, 0.15) is 0 Å². The maximum Gasteiger partial charge on any atom is 0.0545 e. The fourth-order valence-electron chi connectivity index (χ4n) is 2.31. The van der Waals surface area contributed by atoms with Gasteiger partial charge in [0, 0.05) is 0 Å². The molecule has 0 heterocycles. The Kier molecular flexibility index (Phi) is 2.94. The van der Waals surface area contributed by atoms with E-state index in [0.29, 0.717) is 5.92 Å². The lowest BCUT2D eigenvalue weighted by molar-refractivity contribution is 0.0386. The summed E-state index contributed by atoms with van der Waals surface area (Å²) in [5.41, 5.74) is 0. The molecular formula is C10H20O. The average Bonchev–Trinajstić information content (AvgIpc) is 1.96. The second-order valence-corrected chi connectivity index (χ2v) is 4.13. The first-order valence-corrected chi connectivity index (χ1v) is 4.83. The molecule has 1 saturated carbocycles. The molecule has 0 aromatic heterocycles. The van der Waals surface area contributed by atoms with E-state index in [1.54, 1.807) is 0 Å². The van der Waals surface area contributed by atoms with Gasteiger partial charge in [0.05, 0.1) is 6.10 Å². The molecule has 0 amide bonds. The zero-order valence-electron chi connectivity index (χ0n) is 7.88. The monoisotopic (exact) mass is 156 g/mol. The third-order valence-corrected chi connectivity index (χ3v) is 3.38. The van der Waals surface area contributed by atoms with E-state index in [4.69, 9.17) is 0 Å². The molecule has 4 atom stereocenters. The Morgan fingerprint density at radius 3 is 2.45 bits per heavy atom. The zero-order chi connectivity index (χ0) is 8.43. The molecule has 0 bridgehead atoms. The molecule has 1 fully saturated rings. The van der Waals surface area contributed by atoms with E-state index in [9.17, 15) is 5.11 Å². The predicted octanol–water partition coefficient (Wildman–Crippen LogP) is 2.44. The molecule has 0 aromatic carbocycles. The Balaban J connectivity index is 2.51. The van der Waals surface area contributed by atoms with E-state index in [1.807, 2.05) is 0 Å². The van der Waals surface area contributed by atoms with Crippen LogP contribution < -0.4 is 0 Å². The van der Waals surface area contributed by atoms with Gasteiger partial charge in [-0.05, 0) is 30.6 Å². The predicted molar refractivity (Wildman–Crippen MR) is 47.3 cm³/mol. The van der Waals surface area contributed by atoms with Gasteiger partial charge in [0.25, 0.3) is 0 Å². The molecule has 1 aliphatic carbocycles. The third kappa shape index (κ3) is 1.96. The first-order chi connectivity index (χ1) is 5.15. The number of hydrogen-bond donors (Lipinski definition) is 1. The summed E-state index contributed by atoms with van der Waals surface area (Å²) in [5, 5.41) is 9.50.